The van der Waals surface area contributed by atoms with Crippen molar-refractivity contribution in [1.82, 2.24) is 14.9 Å². The molecule has 1 aromatic rings. The summed E-state index contributed by atoms with van der Waals surface area (Å²) in [6, 6.07) is 0.541. The van der Waals surface area contributed by atoms with E-state index in [1.807, 2.05) is 4.90 Å². The summed E-state index contributed by atoms with van der Waals surface area (Å²) < 4.78 is 4.98. The van der Waals surface area contributed by atoms with Crippen LogP contribution in [0.5, 0.6) is 6.01 Å². The number of carbonyl (C=O) groups excluding carboxylic acids is 1. The first kappa shape index (κ1) is 14.8. The molecule has 8 heteroatoms. The van der Waals surface area contributed by atoms with Gasteiger partial charge in [-0.25, -0.2) is 4.98 Å². The highest BCUT2D eigenvalue weighted by Crippen LogP contribution is 2.23. The first-order chi connectivity index (χ1) is 9.58. The van der Waals surface area contributed by atoms with Crippen LogP contribution in [0, 0.1) is 0 Å². The minimum Gasteiger partial charge on any atom is -0.467 e. The lowest BCUT2D eigenvalue weighted by Gasteiger charge is -2.31. The maximum absolute atomic E-state index is 10.9. The van der Waals surface area contributed by atoms with Gasteiger partial charge in [0, 0.05) is 19.1 Å². The van der Waals surface area contributed by atoms with E-state index in [1.54, 1.807) is 0 Å². The lowest BCUT2D eigenvalue weighted by Crippen LogP contribution is -2.43. The van der Waals surface area contributed by atoms with Crippen molar-refractivity contribution in [2.24, 2.45) is 5.73 Å². The van der Waals surface area contributed by atoms with E-state index >= 15 is 0 Å². The van der Waals surface area contributed by atoms with Crippen molar-refractivity contribution in [1.29, 1.82) is 0 Å². The number of nitrogens with zero attached hydrogens (tertiary/aromatic N) is 3. The number of hydrogen-bond acceptors (Lipinski definition) is 6. The van der Waals surface area contributed by atoms with Crippen LogP contribution in [0.25, 0.3) is 0 Å². The fourth-order valence-corrected chi connectivity index (χ4v) is 2.35. The number of amides is 1. The Morgan fingerprint density at radius 2 is 2.30 bits per heavy atom. The number of primary amides is 1. The zero-order chi connectivity index (χ0) is 14.5. The second kappa shape index (κ2) is 6.71. The summed E-state index contributed by atoms with van der Waals surface area (Å²) in [5.41, 5.74) is 5.19. The third-order valence-corrected chi connectivity index (χ3v) is 3.49. The van der Waals surface area contributed by atoms with Gasteiger partial charge in [0.05, 0.1) is 19.9 Å². The predicted molar refractivity (Wildman–Crippen MR) is 75.9 cm³/mol. The molecule has 1 amide bonds. The number of nitrogens with one attached hydrogen (secondary N) is 1. The Hall–Kier alpha value is -1.60. The van der Waals surface area contributed by atoms with Gasteiger partial charge in [-0.05, 0) is 12.8 Å². The summed E-state index contributed by atoms with van der Waals surface area (Å²) in [4.78, 5) is 21.0. The molecule has 2 heterocycles. The summed E-state index contributed by atoms with van der Waals surface area (Å²) in [6.07, 6.45) is 3.31. The fraction of sp³-hybridized carbons (Fsp3) is 0.583. The Labute approximate surface area is 122 Å². The first-order valence-electron chi connectivity index (χ1n) is 6.42. The lowest BCUT2D eigenvalue weighted by atomic mass is 10.1. The average molecular weight is 300 g/mol. The number of aromatic nitrogens is 2. The van der Waals surface area contributed by atoms with Crippen LogP contribution in [0.2, 0.25) is 5.02 Å². The minimum atomic E-state index is -0.292. The van der Waals surface area contributed by atoms with Crippen LogP contribution >= 0.6 is 11.6 Å². The Morgan fingerprint density at radius 1 is 1.60 bits per heavy atom. The van der Waals surface area contributed by atoms with Gasteiger partial charge in [0.2, 0.25) is 5.91 Å². The minimum absolute atomic E-state index is 0.260. The normalized spacial score (nSPS) is 16.9. The fourth-order valence-electron chi connectivity index (χ4n) is 2.20. The number of rotatable bonds is 5. The zero-order valence-electron chi connectivity index (χ0n) is 11.3. The molecular weight excluding hydrogens is 282 g/mol. The molecule has 0 saturated carbocycles. The van der Waals surface area contributed by atoms with E-state index in [1.165, 1.54) is 13.3 Å². The van der Waals surface area contributed by atoms with Crippen molar-refractivity contribution in [2.45, 2.75) is 18.9 Å². The van der Waals surface area contributed by atoms with E-state index in [0.29, 0.717) is 17.4 Å². The number of hydrogen-bond donors (Lipinski definition) is 2. The molecule has 0 unspecified atom stereocenters. The predicted octanol–water partition coefficient (Wildman–Crippen LogP) is 0.500. The molecule has 110 valence electrons. The van der Waals surface area contributed by atoms with Crippen molar-refractivity contribution in [3.63, 3.8) is 0 Å². The third-order valence-electron chi connectivity index (χ3n) is 3.21. The molecule has 1 saturated heterocycles. The highest BCUT2D eigenvalue weighted by Gasteiger charge is 2.21. The van der Waals surface area contributed by atoms with E-state index in [-0.39, 0.29) is 18.0 Å². The van der Waals surface area contributed by atoms with Gasteiger partial charge in [0.1, 0.15) is 5.02 Å². The Balaban J connectivity index is 1.90. The number of nitrogens with two attached hydrogens (primary N) is 1. The molecule has 1 aliphatic rings. The van der Waals surface area contributed by atoms with Gasteiger partial charge < -0.3 is 15.8 Å². The first-order valence-corrected chi connectivity index (χ1v) is 6.80. The topological polar surface area (TPSA) is 93.4 Å². The molecule has 0 aliphatic carbocycles. The van der Waals surface area contributed by atoms with Gasteiger partial charge >= 0.3 is 6.01 Å². The molecule has 0 bridgehead atoms. The summed E-state index contributed by atoms with van der Waals surface area (Å²) in [5.74, 6) is 0.284. The monoisotopic (exact) mass is 299 g/mol. The number of methoxy groups -OCH3 is 1. The summed E-state index contributed by atoms with van der Waals surface area (Å²) in [6.45, 7) is 1.95. The SMILES string of the molecule is COc1ncc(Cl)c(NC2CCN(CC(N)=O)CC2)n1. The largest absolute Gasteiger partial charge is 0.467 e. The van der Waals surface area contributed by atoms with Gasteiger partial charge in [0.15, 0.2) is 5.82 Å². The van der Waals surface area contributed by atoms with E-state index in [0.717, 1.165) is 25.9 Å². The van der Waals surface area contributed by atoms with Gasteiger partial charge in [-0.15, -0.1) is 0 Å². The van der Waals surface area contributed by atoms with Crippen molar-refractivity contribution in [3.8, 4) is 6.01 Å². The molecule has 20 heavy (non-hydrogen) atoms. The maximum atomic E-state index is 10.9. The standard InChI is InChI=1S/C12H18ClN5O2/c1-20-12-15-6-9(13)11(17-12)16-8-2-4-18(5-3-8)7-10(14)19/h6,8H,2-5,7H2,1H3,(H2,14,19)(H,15,16,17). The highest BCUT2D eigenvalue weighted by molar-refractivity contribution is 6.32. The van der Waals surface area contributed by atoms with E-state index < -0.39 is 0 Å². The molecule has 7 nitrogen and oxygen atoms in total. The maximum Gasteiger partial charge on any atom is 0.318 e. The summed E-state index contributed by atoms with van der Waals surface area (Å²) >= 11 is 6.06. The van der Waals surface area contributed by atoms with Crippen molar-refractivity contribution >= 4 is 23.3 Å². The van der Waals surface area contributed by atoms with Gasteiger partial charge in [0.25, 0.3) is 0 Å². The number of ether oxygens (including phenoxy) is 1. The molecule has 1 aliphatic heterocycles. The Morgan fingerprint density at radius 3 is 2.90 bits per heavy atom. The van der Waals surface area contributed by atoms with Crippen LogP contribution in [-0.4, -0.2) is 53.6 Å². The number of anilines is 1. The Bertz CT molecular complexity index is 477. The van der Waals surface area contributed by atoms with Crippen LogP contribution in [0.3, 0.4) is 0 Å². The van der Waals surface area contributed by atoms with Gasteiger partial charge in [-0.1, -0.05) is 11.6 Å². The van der Waals surface area contributed by atoms with Crippen LogP contribution in [-0.2, 0) is 4.79 Å². The molecule has 1 aromatic heterocycles. The molecule has 0 aromatic carbocycles. The molecule has 2 rings (SSSR count). The highest BCUT2D eigenvalue weighted by atomic mass is 35.5. The molecule has 0 radical (unpaired) electrons. The number of carbonyl (C=O) groups is 1. The zero-order valence-corrected chi connectivity index (χ0v) is 12.1. The van der Waals surface area contributed by atoms with Crippen molar-refractivity contribution in [2.75, 3.05) is 32.1 Å². The number of piperidine rings is 1. The van der Waals surface area contributed by atoms with Crippen molar-refractivity contribution < 1.29 is 9.53 Å². The quantitative estimate of drug-likeness (QED) is 0.822. The Kier molecular flexibility index (Phi) is 4.97. The number of likely N-dealkylation sites (tertiary alicyclic amines) is 1. The average Bonchev–Trinajstić information content (AvgIpc) is 2.43. The molecule has 1 fully saturated rings. The van der Waals surface area contributed by atoms with Crippen LogP contribution in [0.4, 0.5) is 5.82 Å². The summed E-state index contributed by atoms with van der Waals surface area (Å²) in [7, 11) is 1.51. The van der Waals surface area contributed by atoms with Crippen molar-refractivity contribution in [3.05, 3.63) is 11.2 Å². The van der Waals surface area contributed by atoms with E-state index in [2.05, 4.69) is 15.3 Å². The molecule has 0 spiro atoms. The molecule has 0 atom stereocenters. The third kappa shape index (κ3) is 3.94. The van der Waals surface area contributed by atoms with E-state index in [4.69, 9.17) is 22.1 Å². The van der Waals surface area contributed by atoms with Crippen LogP contribution < -0.4 is 15.8 Å². The van der Waals surface area contributed by atoms with E-state index in [9.17, 15) is 4.79 Å². The lowest BCUT2D eigenvalue weighted by molar-refractivity contribution is -0.119. The second-order valence-electron chi connectivity index (χ2n) is 4.71. The number of halogens is 1. The molecule has 3 N–H and O–H groups in total. The summed E-state index contributed by atoms with van der Waals surface area (Å²) in [5, 5.41) is 3.76. The van der Waals surface area contributed by atoms with Crippen LogP contribution in [0.15, 0.2) is 6.20 Å². The molecular formula is C12H18ClN5O2. The van der Waals surface area contributed by atoms with Gasteiger partial charge in [-0.2, -0.15) is 4.98 Å². The smallest absolute Gasteiger partial charge is 0.318 e. The van der Waals surface area contributed by atoms with Gasteiger partial charge in [-0.3, -0.25) is 9.69 Å². The second-order valence-corrected chi connectivity index (χ2v) is 5.12. The van der Waals surface area contributed by atoms with Crippen LogP contribution in [0.1, 0.15) is 12.8 Å².